The third-order valence-electron chi connectivity index (χ3n) is 3.83. The lowest BCUT2D eigenvalue weighted by atomic mass is 10.3. The molecule has 1 aliphatic rings. The highest BCUT2D eigenvalue weighted by Crippen LogP contribution is 2.21. The molecule has 0 spiro atoms. The molecule has 21 heavy (non-hydrogen) atoms. The van der Waals surface area contributed by atoms with Crippen molar-refractivity contribution in [2.24, 2.45) is 0 Å². The van der Waals surface area contributed by atoms with Crippen molar-refractivity contribution in [2.75, 3.05) is 31.1 Å². The lowest BCUT2D eigenvalue weighted by Gasteiger charge is -2.35. The molecule has 108 valence electrons. The second kappa shape index (κ2) is 5.42. The van der Waals surface area contributed by atoms with Gasteiger partial charge in [-0.15, -0.1) is 11.3 Å². The van der Waals surface area contributed by atoms with Gasteiger partial charge in [-0.25, -0.2) is 15.0 Å². The molecule has 4 rings (SSSR count). The van der Waals surface area contributed by atoms with Gasteiger partial charge in [0.15, 0.2) is 11.5 Å². The van der Waals surface area contributed by atoms with Gasteiger partial charge in [0.25, 0.3) is 0 Å². The van der Waals surface area contributed by atoms with E-state index in [9.17, 15) is 0 Å². The maximum atomic E-state index is 4.43. The van der Waals surface area contributed by atoms with Crippen LogP contribution in [0.4, 0.5) is 5.82 Å². The first-order valence-electron chi connectivity index (χ1n) is 7.04. The highest BCUT2D eigenvalue weighted by molar-refractivity contribution is 7.09. The molecule has 0 aliphatic carbocycles. The summed E-state index contributed by atoms with van der Waals surface area (Å²) >= 11 is 1.83. The molecule has 0 aromatic carbocycles. The smallest absolute Gasteiger partial charge is 0.182 e. The highest BCUT2D eigenvalue weighted by atomic mass is 32.1. The Bertz CT molecular complexity index is 714. The number of piperazine rings is 1. The van der Waals surface area contributed by atoms with Crippen molar-refractivity contribution < 1.29 is 0 Å². The zero-order chi connectivity index (χ0) is 14.1. The SMILES string of the molecule is c1csc(CN2CCN(c3ncnc4nc[nH]c34)CC2)c1. The zero-order valence-electron chi connectivity index (χ0n) is 11.6. The van der Waals surface area contributed by atoms with E-state index in [0.717, 1.165) is 49.7 Å². The molecule has 3 aromatic rings. The highest BCUT2D eigenvalue weighted by Gasteiger charge is 2.20. The monoisotopic (exact) mass is 300 g/mol. The molecule has 0 radical (unpaired) electrons. The molecule has 6 nitrogen and oxygen atoms in total. The van der Waals surface area contributed by atoms with Gasteiger partial charge in [-0.2, -0.15) is 0 Å². The van der Waals surface area contributed by atoms with Crippen LogP contribution < -0.4 is 4.90 Å². The number of H-pyrrole nitrogens is 1. The Labute approximate surface area is 126 Å². The van der Waals surface area contributed by atoms with E-state index < -0.39 is 0 Å². The third-order valence-corrected chi connectivity index (χ3v) is 4.70. The van der Waals surface area contributed by atoms with Gasteiger partial charge in [0, 0.05) is 37.6 Å². The maximum Gasteiger partial charge on any atom is 0.182 e. The second-order valence-corrected chi connectivity index (χ2v) is 6.17. The molecule has 3 aromatic heterocycles. The Hall–Kier alpha value is -1.99. The number of nitrogens with zero attached hydrogens (tertiary/aromatic N) is 5. The summed E-state index contributed by atoms with van der Waals surface area (Å²) in [4.78, 5) is 22.2. The Balaban J connectivity index is 1.46. The lowest BCUT2D eigenvalue weighted by molar-refractivity contribution is 0.251. The average molecular weight is 300 g/mol. The molecule has 1 fully saturated rings. The summed E-state index contributed by atoms with van der Waals surface area (Å²) in [6.07, 6.45) is 3.27. The third kappa shape index (κ3) is 2.50. The number of hydrogen-bond donors (Lipinski definition) is 1. The predicted octanol–water partition coefficient (Wildman–Crippen LogP) is 1.74. The molecule has 7 heteroatoms. The number of aromatic amines is 1. The van der Waals surface area contributed by atoms with E-state index in [4.69, 9.17) is 0 Å². The summed E-state index contributed by atoms with van der Waals surface area (Å²) in [5.74, 6) is 0.966. The van der Waals surface area contributed by atoms with Crippen LogP contribution in [0, 0.1) is 0 Å². The zero-order valence-corrected chi connectivity index (χ0v) is 12.4. The molecule has 4 heterocycles. The Morgan fingerprint density at radius 2 is 2.05 bits per heavy atom. The first-order valence-corrected chi connectivity index (χ1v) is 7.92. The molecule has 0 atom stereocenters. The van der Waals surface area contributed by atoms with Gasteiger partial charge in [-0.3, -0.25) is 4.90 Å². The average Bonchev–Trinajstić information content (AvgIpc) is 3.18. The van der Waals surface area contributed by atoms with Crippen molar-refractivity contribution in [3.8, 4) is 0 Å². The summed E-state index contributed by atoms with van der Waals surface area (Å²) < 4.78 is 0. The maximum absolute atomic E-state index is 4.43. The van der Waals surface area contributed by atoms with Crippen LogP contribution in [0.25, 0.3) is 11.2 Å². The summed E-state index contributed by atoms with van der Waals surface area (Å²) in [6, 6.07) is 4.32. The van der Waals surface area contributed by atoms with Crippen LogP contribution in [0.15, 0.2) is 30.2 Å². The number of thiophene rings is 1. The number of imidazole rings is 1. The van der Waals surface area contributed by atoms with Crippen LogP contribution in [0.3, 0.4) is 0 Å². The van der Waals surface area contributed by atoms with Crippen molar-refractivity contribution >= 4 is 28.3 Å². The molecule has 0 saturated carbocycles. The minimum atomic E-state index is 0.737. The van der Waals surface area contributed by atoms with E-state index >= 15 is 0 Å². The van der Waals surface area contributed by atoms with Gasteiger partial charge in [-0.1, -0.05) is 6.07 Å². The number of anilines is 1. The number of rotatable bonds is 3. The number of fused-ring (bicyclic) bond motifs is 1. The van der Waals surface area contributed by atoms with Gasteiger partial charge in [-0.05, 0) is 11.4 Å². The normalized spacial score (nSPS) is 16.7. The lowest BCUT2D eigenvalue weighted by Crippen LogP contribution is -2.46. The van der Waals surface area contributed by atoms with Gasteiger partial charge >= 0.3 is 0 Å². The topological polar surface area (TPSA) is 60.9 Å². The largest absolute Gasteiger partial charge is 0.352 e. The summed E-state index contributed by atoms with van der Waals surface area (Å²) in [5, 5.41) is 2.14. The van der Waals surface area contributed by atoms with Crippen molar-refractivity contribution in [3.63, 3.8) is 0 Å². The van der Waals surface area contributed by atoms with E-state index in [1.54, 1.807) is 12.7 Å². The predicted molar refractivity (Wildman–Crippen MR) is 83.5 cm³/mol. The summed E-state index contributed by atoms with van der Waals surface area (Å²) in [5.41, 5.74) is 1.67. The number of hydrogen-bond acceptors (Lipinski definition) is 6. The molecular weight excluding hydrogens is 284 g/mol. The van der Waals surface area contributed by atoms with Crippen molar-refractivity contribution in [1.29, 1.82) is 0 Å². The van der Waals surface area contributed by atoms with Crippen LogP contribution in [0.1, 0.15) is 4.88 Å². The van der Waals surface area contributed by atoms with Gasteiger partial charge < -0.3 is 9.88 Å². The summed E-state index contributed by atoms with van der Waals surface area (Å²) in [6.45, 7) is 5.12. The van der Waals surface area contributed by atoms with Gasteiger partial charge in [0.05, 0.1) is 6.33 Å². The van der Waals surface area contributed by atoms with E-state index in [1.165, 1.54) is 4.88 Å². The van der Waals surface area contributed by atoms with Crippen LogP contribution in [0.5, 0.6) is 0 Å². The van der Waals surface area contributed by atoms with E-state index in [0.29, 0.717) is 0 Å². The van der Waals surface area contributed by atoms with Crippen LogP contribution in [-0.2, 0) is 6.54 Å². The molecule has 1 saturated heterocycles. The second-order valence-electron chi connectivity index (χ2n) is 5.14. The van der Waals surface area contributed by atoms with Crippen molar-refractivity contribution in [1.82, 2.24) is 24.8 Å². The molecule has 0 bridgehead atoms. The minimum absolute atomic E-state index is 0.737. The van der Waals surface area contributed by atoms with Crippen LogP contribution in [0.2, 0.25) is 0 Å². The van der Waals surface area contributed by atoms with Gasteiger partial charge in [0.2, 0.25) is 0 Å². The molecule has 0 unspecified atom stereocenters. The quantitative estimate of drug-likeness (QED) is 0.798. The molecule has 1 N–H and O–H groups in total. The van der Waals surface area contributed by atoms with Crippen molar-refractivity contribution in [2.45, 2.75) is 6.54 Å². The van der Waals surface area contributed by atoms with Crippen LogP contribution in [-0.4, -0.2) is 51.0 Å². The first-order chi connectivity index (χ1) is 10.4. The first kappa shape index (κ1) is 12.7. The summed E-state index contributed by atoms with van der Waals surface area (Å²) in [7, 11) is 0. The van der Waals surface area contributed by atoms with Crippen molar-refractivity contribution in [3.05, 3.63) is 35.0 Å². The Morgan fingerprint density at radius 3 is 2.86 bits per heavy atom. The van der Waals surface area contributed by atoms with Gasteiger partial charge in [0.1, 0.15) is 11.8 Å². The van der Waals surface area contributed by atoms with E-state index in [2.05, 4.69) is 47.2 Å². The fourth-order valence-corrected chi connectivity index (χ4v) is 3.48. The minimum Gasteiger partial charge on any atom is -0.352 e. The standard InChI is InChI=1S/C14H16N6S/c1-2-11(21-7-1)8-19-3-5-20(6-4-19)14-12-13(16-9-15-12)17-10-18-14/h1-2,7,9-10H,3-6,8H2,(H,15,16,17,18). The Morgan fingerprint density at radius 1 is 1.14 bits per heavy atom. The number of nitrogens with one attached hydrogen (secondary N) is 1. The molecule has 1 aliphatic heterocycles. The van der Waals surface area contributed by atoms with E-state index in [-0.39, 0.29) is 0 Å². The fourth-order valence-electron chi connectivity index (χ4n) is 2.73. The van der Waals surface area contributed by atoms with E-state index in [1.807, 2.05) is 11.3 Å². The Kier molecular flexibility index (Phi) is 3.28. The number of aromatic nitrogens is 4. The molecule has 0 amide bonds. The fraction of sp³-hybridized carbons (Fsp3) is 0.357. The molecular formula is C14H16N6S. The van der Waals surface area contributed by atoms with Crippen LogP contribution >= 0.6 is 11.3 Å².